The Morgan fingerprint density at radius 3 is 2.47 bits per heavy atom. The van der Waals surface area contributed by atoms with Crippen LogP contribution in [0.3, 0.4) is 0 Å². The maximum atomic E-state index is 12.2. The zero-order valence-corrected chi connectivity index (χ0v) is 14.6. The molecule has 4 bridgehead atoms. The van der Waals surface area contributed by atoms with Gasteiger partial charge in [-0.15, -0.1) is 0 Å². The molecule has 0 aromatic rings. The first-order chi connectivity index (χ1) is 8.85. The summed E-state index contributed by atoms with van der Waals surface area (Å²) in [5.74, 6) is 0.706. The highest BCUT2D eigenvalue weighted by molar-refractivity contribution is 14.1. The molecular weight excluding hydrogens is 474 g/mol. The molecule has 0 heterocycles. The molecule has 3 atom stereocenters. The van der Waals surface area contributed by atoms with E-state index in [9.17, 15) is 9.59 Å². The maximum absolute atomic E-state index is 12.2. The second-order valence-corrected chi connectivity index (χ2v) is 8.37. The van der Waals surface area contributed by atoms with Crippen LogP contribution in [0.25, 0.3) is 0 Å². The predicted octanol–water partition coefficient (Wildman–Crippen LogP) is 1.66. The Morgan fingerprint density at radius 1 is 1.37 bits per heavy atom. The van der Waals surface area contributed by atoms with Gasteiger partial charge in [0.1, 0.15) is 11.4 Å². The average molecular weight is 490 g/mol. The molecule has 4 aliphatic rings. The van der Waals surface area contributed by atoms with Crippen molar-refractivity contribution in [2.75, 3.05) is 0 Å². The Labute approximate surface area is 139 Å². The number of hydrogen-bond donors (Lipinski definition) is 2. The van der Waals surface area contributed by atoms with E-state index in [-0.39, 0.29) is 11.8 Å². The lowest BCUT2D eigenvalue weighted by atomic mass is 9.53. The molecule has 7 heteroatoms. The van der Waals surface area contributed by atoms with Crippen LogP contribution in [0, 0.1) is 17.8 Å². The van der Waals surface area contributed by atoms with Crippen molar-refractivity contribution in [3.05, 3.63) is 0 Å². The minimum atomic E-state index is -1.20. The lowest BCUT2D eigenvalue weighted by Crippen LogP contribution is -2.60. The standard InChI is InChI=1S/C12H16I2N2O3/c13-12(15,16-14)10(18)19-11-3-6-1-7(4-11)9(17)8(2-6)5-11/h6-8,16H,1-5,15H2. The summed E-state index contributed by atoms with van der Waals surface area (Å²) in [5, 5.41) is 0. The second kappa shape index (κ2) is 4.77. The van der Waals surface area contributed by atoms with Gasteiger partial charge in [-0.25, -0.2) is 8.32 Å². The molecule has 4 saturated carbocycles. The highest BCUT2D eigenvalue weighted by atomic mass is 127. The fourth-order valence-corrected chi connectivity index (χ4v) is 4.44. The molecule has 0 radical (unpaired) electrons. The van der Waals surface area contributed by atoms with Gasteiger partial charge in [0.2, 0.25) is 3.67 Å². The summed E-state index contributed by atoms with van der Waals surface area (Å²) in [7, 11) is 0. The third-order valence-electron chi connectivity index (χ3n) is 4.68. The molecule has 0 amide bonds. The molecule has 0 aromatic heterocycles. The number of ketones is 1. The smallest absolute Gasteiger partial charge is 0.353 e. The third-order valence-corrected chi connectivity index (χ3v) is 7.27. The van der Waals surface area contributed by atoms with Gasteiger partial charge in [-0.3, -0.25) is 10.5 Å². The Hall–Kier alpha value is 0.520. The number of rotatable bonds is 3. The molecule has 5 nitrogen and oxygen atoms in total. The fraction of sp³-hybridized carbons (Fsp3) is 0.833. The van der Waals surface area contributed by atoms with Gasteiger partial charge < -0.3 is 4.74 Å². The van der Waals surface area contributed by atoms with Crippen molar-refractivity contribution in [1.29, 1.82) is 0 Å². The number of Topliss-reactive ketones (excluding diaryl/α,β-unsaturated/α-hetero) is 1. The van der Waals surface area contributed by atoms with Crippen LogP contribution in [-0.2, 0) is 14.3 Å². The van der Waals surface area contributed by atoms with Crippen LogP contribution in [0.4, 0.5) is 0 Å². The molecule has 0 aromatic carbocycles. The van der Waals surface area contributed by atoms with E-state index < -0.39 is 15.2 Å². The topological polar surface area (TPSA) is 81.4 Å². The molecule has 0 aliphatic heterocycles. The zero-order chi connectivity index (χ0) is 13.8. The lowest BCUT2D eigenvalue weighted by Gasteiger charge is -2.54. The van der Waals surface area contributed by atoms with E-state index in [0.717, 1.165) is 19.3 Å². The van der Waals surface area contributed by atoms with Crippen LogP contribution >= 0.6 is 45.5 Å². The molecule has 3 N–H and O–H groups in total. The number of alkyl halides is 1. The number of nitrogens with two attached hydrogens (primary N) is 1. The second-order valence-electron chi connectivity index (χ2n) is 6.12. The van der Waals surface area contributed by atoms with Crippen LogP contribution in [0.2, 0.25) is 0 Å². The Morgan fingerprint density at radius 2 is 1.95 bits per heavy atom. The van der Waals surface area contributed by atoms with E-state index in [1.54, 1.807) is 0 Å². The van der Waals surface area contributed by atoms with Crippen molar-refractivity contribution in [3.8, 4) is 0 Å². The van der Waals surface area contributed by atoms with Crippen molar-refractivity contribution >= 4 is 57.2 Å². The van der Waals surface area contributed by atoms with Crippen LogP contribution in [-0.4, -0.2) is 21.0 Å². The van der Waals surface area contributed by atoms with Crippen LogP contribution in [0.15, 0.2) is 0 Å². The fourth-order valence-electron chi connectivity index (χ4n) is 4.11. The molecule has 106 valence electrons. The Bertz CT molecular complexity index is 423. The molecule has 0 saturated heterocycles. The quantitative estimate of drug-likeness (QED) is 0.157. The van der Waals surface area contributed by atoms with Gasteiger partial charge in [-0.05, 0) is 60.6 Å². The third kappa shape index (κ3) is 2.44. The van der Waals surface area contributed by atoms with Crippen LogP contribution in [0.1, 0.15) is 32.1 Å². The summed E-state index contributed by atoms with van der Waals surface area (Å²) in [6.45, 7) is 0. The van der Waals surface area contributed by atoms with E-state index in [0.29, 0.717) is 24.5 Å². The molecule has 4 rings (SSSR count). The Kier molecular flexibility index (Phi) is 3.63. The maximum Gasteiger partial charge on any atom is 0.353 e. The van der Waals surface area contributed by atoms with Gasteiger partial charge in [0.15, 0.2) is 0 Å². The van der Waals surface area contributed by atoms with Crippen molar-refractivity contribution in [2.24, 2.45) is 23.5 Å². The summed E-state index contributed by atoms with van der Waals surface area (Å²) in [4.78, 5) is 24.2. The molecular formula is C12H16I2N2O3. The SMILES string of the molecule is NC(I)(NI)C(=O)OC12CC3CC(C1)C(=O)C(C3)C2. The molecule has 3 unspecified atom stereocenters. The van der Waals surface area contributed by atoms with Gasteiger partial charge >= 0.3 is 5.97 Å². The lowest BCUT2D eigenvalue weighted by molar-refractivity contribution is -0.191. The van der Waals surface area contributed by atoms with Crippen molar-refractivity contribution < 1.29 is 14.3 Å². The molecule has 4 aliphatic carbocycles. The predicted molar refractivity (Wildman–Crippen MR) is 85.5 cm³/mol. The highest BCUT2D eigenvalue weighted by Gasteiger charge is 2.57. The average Bonchev–Trinajstić information content (AvgIpc) is 2.34. The number of carbonyl (C=O) groups is 2. The largest absolute Gasteiger partial charge is 0.456 e. The number of nitrogens with one attached hydrogen (secondary N) is 1. The monoisotopic (exact) mass is 490 g/mol. The van der Waals surface area contributed by atoms with Gasteiger partial charge in [0.25, 0.3) is 0 Å². The van der Waals surface area contributed by atoms with Crippen LogP contribution in [0.5, 0.6) is 0 Å². The minimum Gasteiger partial charge on any atom is -0.456 e. The van der Waals surface area contributed by atoms with E-state index in [4.69, 9.17) is 10.5 Å². The van der Waals surface area contributed by atoms with Crippen LogP contribution < -0.4 is 9.26 Å². The van der Waals surface area contributed by atoms with E-state index >= 15 is 0 Å². The molecule has 19 heavy (non-hydrogen) atoms. The van der Waals surface area contributed by atoms with Gasteiger partial charge in [-0.1, -0.05) is 0 Å². The number of halogens is 2. The Balaban J connectivity index is 1.78. The van der Waals surface area contributed by atoms with Crippen molar-refractivity contribution in [2.45, 2.75) is 41.4 Å². The van der Waals surface area contributed by atoms with Gasteiger partial charge in [-0.2, -0.15) is 0 Å². The highest BCUT2D eigenvalue weighted by Crippen LogP contribution is 2.55. The van der Waals surface area contributed by atoms with E-state index in [1.807, 2.05) is 45.5 Å². The number of hydrogen-bond acceptors (Lipinski definition) is 5. The minimum absolute atomic E-state index is 0.105. The molecule has 0 spiro atoms. The van der Waals surface area contributed by atoms with E-state index in [2.05, 4.69) is 3.53 Å². The van der Waals surface area contributed by atoms with Gasteiger partial charge in [0.05, 0.1) is 0 Å². The van der Waals surface area contributed by atoms with E-state index in [1.165, 1.54) is 0 Å². The first kappa shape index (κ1) is 14.5. The summed E-state index contributed by atoms with van der Waals surface area (Å²) >= 11 is 3.70. The first-order valence-corrected chi connectivity index (χ1v) is 8.64. The normalized spacial score (nSPS) is 43.1. The number of carbonyl (C=O) groups excluding carboxylic acids is 2. The summed E-state index contributed by atoms with van der Waals surface area (Å²) in [5.41, 5.74) is 5.40. The van der Waals surface area contributed by atoms with Crippen molar-refractivity contribution in [3.63, 3.8) is 0 Å². The summed E-state index contributed by atoms with van der Waals surface area (Å²) in [6.07, 6.45) is 4.25. The zero-order valence-electron chi connectivity index (χ0n) is 10.3. The van der Waals surface area contributed by atoms with Gasteiger partial charge in [0, 0.05) is 34.7 Å². The number of ether oxygens (including phenoxy) is 1. The summed E-state index contributed by atoms with van der Waals surface area (Å²) < 4.78 is 7.29. The summed E-state index contributed by atoms with van der Waals surface area (Å²) in [6, 6.07) is 0. The first-order valence-electron chi connectivity index (χ1n) is 6.48. The van der Waals surface area contributed by atoms with Crippen molar-refractivity contribution in [1.82, 2.24) is 3.53 Å². The number of esters is 1. The molecule has 4 fully saturated rings.